The van der Waals surface area contributed by atoms with Gasteiger partial charge in [0.05, 0.1) is 6.61 Å². The molecule has 3 nitrogen and oxygen atoms in total. The van der Waals surface area contributed by atoms with Crippen molar-refractivity contribution in [3.05, 3.63) is 77.9 Å². The zero-order valence-corrected chi connectivity index (χ0v) is 13.4. The highest BCUT2D eigenvalue weighted by atomic mass is 16.5. The van der Waals surface area contributed by atoms with Crippen LogP contribution in [0.4, 0.5) is 0 Å². The number of benzene rings is 3. The van der Waals surface area contributed by atoms with Gasteiger partial charge in [-0.15, -0.1) is 0 Å². The summed E-state index contributed by atoms with van der Waals surface area (Å²) in [5.74, 6) is 0.444. The van der Waals surface area contributed by atoms with Crippen LogP contribution in [0.15, 0.2) is 66.7 Å². The maximum atomic E-state index is 12.4. The van der Waals surface area contributed by atoms with Crippen molar-refractivity contribution in [2.24, 2.45) is 0 Å². The van der Waals surface area contributed by atoms with Crippen molar-refractivity contribution in [3.8, 4) is 11.5 Å². The highest BCUT2D eigenvalue weighted by molar-refractivity contribution is 6.08. The second-order valence-corrected chi connectivity index (χ2v) is 5.42. The van der Waals surface area contributed by atoms with Crippen molar-refractivity contribution in [1.82, 2.24) is 0 Å². The van der Waals surface area contributed by atoms with E-state index in [1.165, 1.54) is 6.08 Å². The predicted octanol–water partition coefficient (Wildman–Crippen LogP) is 4.84. The van der Waals surface area contributed by atoms with E-state index in [0.717, 1.165) is 16.3 Å². The minimum absolute atomic E-state index is 0.0632. The number of fused-ring (bicyclic) bond motifs is 1. The Balaban J connectivity index is 1.82. The van der Waals surface area contributed by atoms with E-state index in [1.807, 2.05) is 49.4 Å². The van der Waals surface area contributed by atoms with Gasteiger partial charge in [0.1, 0.15) is 0 Å². The topological polar surface area (TPSA) is 46.5 Å². The normalized spacial score (nSPS) is 11.0. The van der Waals surface area contributed by atoms with Crippen molar-refractivity contribution in [2.75, 3.05) is 6.61 Å². The van der Waals surface area contributed by atoms with Crippen molar-refractivity contribution < 1.29 is 14.6 Å². The van der Waals surface area contributed by atoms with E-state index in [4.69, 9.17) is 4.74 Å². The lowest BCUT2D eigenvalue weighted by molar-refractivity contribution is 0.104. The average Bonchev–Trinajstić information content (AvgIpc) is 2.62. The zero-order chi connectivity index (χ0) is 16.9. The van der Waals surface area contributed by atoms with Gasteiger partial charge >= 0.3 is 0 Å². The first-order valence-electron chi connectivity index (χ1n) is 7.84. The molecular formula is C21H18O3. The lowest BCUT2D eigenvalue weighted by Gasteiger charge is -2.06. The minimum Gasteiger partial charge on any atom is -0.504 e. The maximum Gasteiger partial charge on any atom is 0.185 e. The lowest BCUT2D eigenvalue weighted by Crippen LogP contribution is -1.94. The molecule has 0 saturated carbocycles. The molecule has 3 heteroatoms. The Morgan fingerprint density at radius 3 is 2.62 bits per heavy atom. The number of ketones is 1. The fourth-order valence-corrected chi connectivity index (χ4v) is 2.52. The Hall–Kier alpha value is -3.07. The molecule has 0 amide bonds. The molecule has 0 aromatic heterocycles. The number of aromatic hydroxyl groups is 1. The molecule has 0 aliphatic rings. The molecule has 0 fully saturated rings. The number of phenols is 1. The standard InChI is InChI=1S/C21H18O3/c1-2-24-21-13-15(8-12-20(21)23)7-11-19(22)18-10-9-16-5-3-4-6-17(16)14-18/h3-14,23H,2H2,1H3/b11-7+. The van der Waals surface area contributed by atoms with Crippen LogP contribution in [0, 0.1) is 0 Å². The number of rotatable bonds is 5. The summed E-state index contributed by atoms with van der Waals surface area (Å²) in [6, 6.07) is 18.6. The molecule has 3 aromatic rings. The number of hydrogen-bond acceptors (Lipinski definition) is 3. The summed E-state index contributed by atoms with van der Waals surface area (Å²) in [6.45, 7) is 2.32. The summed E-state index contributed by atoms with van der Waals surface area (Å²) in [4.78, 5) is 12.4. The molecule has 3 aromatic carbocycles. The number of carbonyl (C=O) groups is 1. The van der Waals surface area contributed by atoms with Gasteiger partial charge < -0.3 is 9.84 Å². The molecule has 24 heavy (non-hydrogen) atoms. The zero-order valence-electron chi connectivity index (χ0n) is 13.4. The van der Waals surface area contributed by atoms with Crippen LogP contribution in [0.25, 0.3) is 16.8 Å². The number of phenolic OH excluding ortho intramolecular Hbond substituents is 1. The van der Waals surface area contributed by atoms with Crippen LogP contribution in [0.1, 0.15) is 22.8 Å². The van der Waals surface area contributed by atoms with Crippen LogP contribution in [0.5, 0.6) is 11.5 Å². The Bertz CT molecular complexity index is 910. The van der Waals surface area contributed by atoms with E-state index < -0.39 is 0 Å². The van der Waals surface area contributed by atoms with E-state index in [-0.39, 0.29) is 11.5 Å². The van der Waals surface area contributed by atoms with Gasteiger partial charge in [0.15, 0.2) is 17.3 Å². The summed E-state index contributed by atoms with van der Waals surface area (Å²) in [5.41, 5.74) is 1.44. The third-order valence-corrected chi connectivity index (χ3v) is 3.74. The molecule has 0 aliphatic heterocycles. The van der Waals surface area contributed by atoms with Gasteiger partial charge in [-0.05, 0) is 47.5 Å². The van der Waals surface area contributed by atoms with Crippen LogP contribution in [-0.2, 0) is 0 Å². The molecule has 0 radical (unpaired) electrons. The molecule has 0 heterocycles. The third-order valence-electron chi connectivity index (χ3n) is 3.74. The number of allylic oxidation sites excluding steroid dienone is 1. The number of hydrogen-bond donors (Lipinski definition) is 1. The predicted molar refractivity (Wildman–Crippen MR) is 96.6 cm³/mol. The smallest absolute Gasteiger partial charge is 0.185 e. The Morgan fingerprint density at radius 1 is 1.04 bits per heavy atom. The first-order valence-corrected chi connectivity index (χ1v) is 7.84. The summed E-state index contributed by atoms with van der Waals surface area (Å²) in [7, 11) is 0. The molecular weight excluding hydrogens is 300 g/mol. The first-order chi connectivity index (χ1) is 11.7. The molecule has 0 saturated heterocycles. The highest BCUT2D eigenvalue weighted by Crippen LogP contribution is 2.27. The van der Waals surface area contributed by atoms with Gasteiger partial charge in [-0.3, -0.25) is 4.79 Å². The van der Waals surface area contributed by atoms with Crippen molar-refractivity contribution >= 4 is 22.6 Å². The fourth-order valence-electron chi connectivity index (χ4n) is 2.52. The van der Waals surface area contributed by atoms with Crippen LogP contribution in [0.3, 0.4) is 0 Å². The largest absolute Gasteiger partial charge is 0.504 e. The van der Waals surface area contributed by atoms with Gasteiger partial charge in [-0.2, -0.15) is 0 Å². The molecule has 0 bridgehead atoms. The van der Waals surface area contributed by atoms with Gasteiger partial charge in [0, 0.05) is 5.56 Å². The quantitative estimate of drug-likeness (QED) is 0.541. The molecule has 0 atom stereocenters. The molecule has 0 spiro atoms. The Morgan fingerprint density at radius 2 is 1.83 bits per heavy atom. The van der Waals surface area contributed by atoms with Crippen molar-refractivity contribution in [1.29, 1.82) is 0 Å². The van der Waals surface area contributed by atoms with Crippen LogP contribution in [0.2, 0.25) is 0 Å². The summed E-state index contributed by atoms with van der Waals surface area (Å²) >= 11 is 0. The molecule has 0 unspecified atom stereocenters. The SMILES string of the molecule is CCOc1cc(/C=C/C(=O)c2ccc3ccccc3c2)ccc1O. The summed E-state index contributed by atoms with van der Waals surface area (Å²) < 4.78 is 5.35. The monoisotopic (exact) mass is 318 g/mol. The van der Waals surface area contributed by atoms with Gasteiger partial charge in [0.25, 0.3) is 0 Å². The van der Waals surface area contributed by atoms with Gasteiger partial charge in [-0.1, -0.05) is 48.5 Å². The lowest BCUT2D eigenvalue weighted by atomic mass is 10.0. The highest BCUT2D eigenvalue weighted by Gasteiger charge is 2.05. The Labute approximate surface area is 140 Å². The van der Waals surface area contributed by atoms with E-state index in [9.17, 15) is 9.90 Å². The Kier molecular flexibility index (Phi) is 4.62. The number of carbonyl (C=O) groups excluding carboxylic acids is 1. The molecule has 3 rings (SSSR count). The average molecular weight is 318 g/mol. The summed E-state index contributed by atoms with van der Waals surface area (Å²) in [6.07, 6.45) is 3.26. The number of ether oxygens (including phenoxy) is 1. The van der Waals surface area contributed by atoms with E-state index in [0.29, 0.717) is 17.9 Å². The summed E-state index contributed by atoms with van der Waals surface area (Å²) in [5, 5.41) is 11.9. The third kappa shape index (κ3) is 3.46. The van der Waals surface area contributed by atoms with Crippen molar-refractivity contribution in [2.45, 2.75) is 6.92 Å². The maximum absolute atomic E-state index is 12.4. The molecule has 1 N–H and O–H groups in total. The van der Waals surface area contributed by atoms with Crippen LogP contribution >= 0.6 is 0 Å². The van der Waals surface area contributed by atoms with Gasteiger partial charge in [-0.25, -0.2) is 0 Å². The van der Waals surface area contributed by atoms with Crippen LogP contribution in [-0.4, -0.2) is 17.5 Å². The van der Waals surface area contributed by atoms with Gasteiger partial charge in [0.2, 0.25) is 0 Å². The second kappa shape index (κ2) is 7.01. The van der Waals surface area contributed by atoms with Crippen LogP contribution < -0.4 is 4.74 Å². The van der Waals surface area contributed by atoms with E-state index >= 15 is 0 Å². The minimum atomic E-state index is -0.0632. The van der Waals surface area contributed by atoms with Crippen molar-refractivity contribution in [3.63, 3.8) is 0 Å². The molecule has 0 aliphatic carbocycles. The first kappa shape index (κ1) is 15.8. The van der Waals surface area contributed by atoms with E-state index in [2.05, 4.69) is 0 Å². The second-order valence-electron chi connectivity index (χ2n) is 5.42. The fraction of sp³-hybridized carbons (Fsp3) is 0.0952. The van der Waals surface area contributed by atoms with E-state index in [1.54, 1.807) is 24.3 Å². The molecule has 120 valence electrons.